The fraction of sp³-hybridized carbons (Fsp3) is 0.414. The molecule has 10 nitrogen and oxygen atoms in total. The first-order chi connectivity index (χ1) is 20.5. The van der Waals surface area contributed by atoms with E-state index in [1.165, 1.54) is 18.2 Å². The fourth-order valence-electron chi connectivity index (χ4n) is 6.43. The average molecular weight is 634 g/mol. The molecule has 2 atom stereocenters. The number of piperidine rings is 2. The molecule has 4 aliphatic rings. The van der Waals surface area contributed by atoms with E-state index >= 15 is 8.78 Å². The van der Waals surface area contributed by atoms with E-state index < -0.39 is 54.1 Å². The number of carbonyl (C=O) groups is 5. The quantitative estimate of drug-likeness (QED) is 0.515. The van der Waals surface area contributed by atoms with Crippen LogP contribution in [0, 0.1) is 0 Å². The van der Waals surface area contributed by atoms with E-state index in [1.54, 1.807) is 17.0 Å². The highest BCUT2D eigenvalue weighted by Gasteiger charge is 2.51. The number of piperazine rings is 1. The van der Waals surface area contributed by atoms with Crippen LogP contribution >= 0.6 is 23.2 Å². The van der Waals surface area contributed by atoms with E-state index in [0.717, 1.165) is 15.5 Å². The van der Waals surface area contributed by atoms with Crippen molar-refractivity contribution in [1.82, 2.24) is 20.0 Å². The SMILES string of the molecule is O=C1CCC(N2C(=O)c3cccc(C(=O)N4CCC(N5CCN(c6cccc(Cl)c6Cl)CC5)C(F)(F)C4)c3C2=O)C(=O)N1. The number of amides is 5. The lowest BCUT2D eigenvalue weighted by atomic mass is 9.96. The molecule has 1 N–H and O–H groups in total. The fourth-order valence-corrected chi connectivity index (χ4v) is 6.84. The van der Waals surface area contributed by atoms with Crippen LogP contribution in [0.4, 0.5) is 14.5 Å². The molecule has 0 spiro atoms. The Morgan fingerprint density at radius 2 is 1.63 bits per heavy atom. The number of nitrogens with zero attached hydrogens (tertiary/aromatic N) is 4. The normalized spacial score (nSPS) is 24.3. The monoisotopic (exact) mass is 633 g/mol. The number of halogens is 4. The lowest BCUT2D eigenvalue weighted by Crippen LogP contribution is -2.62. The number of imide groups is 2. The molecule has 6 rings (SSSR count). The van der Waals surface area contributed by atoms with Crippen LogP contribution in [0.25, 0.3) is 0 Å². The van der Waals surface area contributed by atoms with E-state index in [4.69, 9.17) is 23.2 Å². The van der Waals surface area contributed by atoms with Crippen LogP contribution in [0.3, 0.4) is 0 Å². The maximum absolute atomic E-state index is 15.6. The van der Waals surface area contributed by atoms with E-state index in [1.807, 2.05) is 11.0 Å². The third-order valence-corrected chi connectivity index (χ3v) is 9.38. The predicted molar refractivity (Wildman–Crippen MR) is 153 cm³/mol. The molecule has 0 aromatic heterocycles. The largest absolute Gasteiger partial charge is 0.368 e. The molecule has 226 valence electrons. The second-order valence-electron chi connectivity index (χ2n) is 11.1. The van der Waals surface area contributed by atoms with E-state index in [9.17, 15) is 24.0 Å². The van der Waals surface area contributed by atoms with Crippen molar-refractivity contribution >= 4 is 58.4 Å². The number of anilines is 1. The zero-order valence-corrected chi connectivity index (χ0v) is 24.3. The van der Waals surface area contributed by atoms with Crippen molar-refractivity contribution in [2.24, 2.45) is 0 Å². The summed E-state index contributed by atoms with van der Waals surface area (Å²) in [7, 11) is 0. The second kappa shape index (κ2) is 11.1. The Morgan fingerprint density at radius 3 is 2.33 bits per heavy atom. The van der Waals surface area contributed by atoms with Crippen LogP contribution in [0.15, 0.2) is 36.4 Å². The highest BCUT2D eigenvalue weighted by Crippen LogP contribution is 2.37. The number of rotatable bonds is 4. The summed E-state index contributed by atoms with van der Waals surface area (Å²) >= 11 is 12.5. The van der Waals surface area contributed by atoms with Gasteiger partial charge in [-0.3, -0.25) is 39.1 Å². The lowest BCUT2D eigenvalue weighted by Gasteiger charge is -2.46. The highest BCUT2D eigenvalue weighted by molar-refractivity contribution is 6.43. The van der Waals surface area contributed by atoms with Crippen LogP contribution in [-0.2, 0) is 9.59 Å². The van der Waals surface area contributed by atoms with Gasteiger partial charge in [0.1, 0.15) is 6.04 Å². The van der Waals surface area contributed by atoms with Gasteiger partial charge in [0.05, 0.1) is 45.0 Å². The average Bonchev–Trinajstić information content (AvgIpc) is 3.23. The number of alkyl halides is 2. The molecule has 43 heavy (non-hydrogen) atoms. The lowest BCUT2D eigenvalue weighted by molar-refractivity contribution is -0.136. The molecule has 2 aromatic carbocycles. The molecule has 3 saturated heterocycles. The first-order valence-electron chi connectivity index (χ1n) is 13.9. The minimum absolute atomic E-state index is 0.0148. The Labute approximate surface area is 255 Å². The van der Waals surface area contributed by atoms with Gasteiger partial charge in [-0.1, -0.05) is 35.3 Å². The molecule has 0 aliphatic carbocycles. The standard InChI is InChI=1S/C29H27Cl2F2N5O5/c30-18-5-2-6-19(24(18)31)35-11-13-36(14-12-35)21-9-10-37(15-29(21,32)33)26(41)16-3-1-4-17-23(16)28(43)38(27(17)42)20-7-8-22(39)34-25(20)40/h1-6,20-21H,7-15H2,(H,34,39,40). The zero-order chi connectivity index (χ0) is 30.6. The summed E-state index contributed by atoms with van der Waals surface area (Å²) in [4.78, 5) is 69.6. The van der Waals surface area contributed by atoms with Crippen molar-refractivity contribution in [3.05, 3.63) is 63.1 Å². The van der Waals surface area contributed by atoms with Gasteiger partial charge in [-0.15, -0.1) is 0 Å². The van der Waals surface area contributed by atoms with Gasteiger partial charge in [0.25, 0.3) is 23.6 Å². The summed E-state index contributed by atoms with van der Waals surface area (Å²) in [6, 6.07) is 7.11. The summed E-state index contributed by atoms with van der Waals surface area (Å²) in [6.07, 6.45) is -0.0798. The van der Waals surface area contributed by atoms with Crippen molar-refractivity contribution in [3.63, 3.8) is 0 Å². The van der Waals surface area contributed by atoms with Crippen molar-refractivity contribution in [2.45, 2.75) is 37.3 Å². The van der Waals surface area contributed by atoms with Gasteiger partial charge in [-0.25, -0.2) is 8.78 Å². The Kier molecular flexibility index (Phi) is 7.64. The molecular formula is C29H27Cl2F2N5O5. The summed E-state index contributed by atoms with van der Waals surface area (Å²) in [6.45, 7) is 0.879. The number of likely N-dealkylation sites (tertiary alicyclic amines) is 1. The maximum Gasteiger partial charge on any atom is 0.280 e. The predicted octanol–water partition coefficient (Wildman–Crippen LogP) is 3.07. The minimum atomic E-state index is -3.24. The number of benzene rings is 2. The molecule has 0 radical (unpaired) electrons. The van der Waals surface area contributed by atoms with E-state index in [2.05, 4.69) is 5.32 Å². The number of fused-ring (bicyclic) bond motifs is 1. The summed E-state index contributed by atoms with van der Waals surface area (Å²) < 4.78 is 31.2. The molecule has 4 aliphatic heterocycles. The Morgan fingerprint density at radius 1 is 0.907 bits per heavy atom. The van der Waals surface area contributed by atoms with Gasteiger partial charge in [0.15, 0.2) is 0 Å². The molecule has 0 saturated carbocycles. The Bertz CT molecular complexity index is 1550. The van der Waals surface area contributed by atoms with E-state index in [-0.39, 0.29) is 42.5 Å². The van der Waals surface area contributed by atoms with Crippen LogP contribution in [0.1, 0.15) is 50.3 Å². The minimum Gasteiger partial charge on any atom is -0.368 e. The molecular weight excluding hydrogens is 607 g/mol. The zero-order valence-electron chi connectivity index (χ0n) is 22.8. The van der Waals surface area contributed by atoms with Crippen LogP contribution in [-0.4, -0.2) is 102 Å². The van der Waals surface area contributed by atoms with Crippen molar-refractivity contribution in [1.29, 1.82) is 0 Å². The first kappa shape index (κ1) is 29.5. The smallest absolute Gasteiger partial charge is 0.280 e. The van der Waals surface area contributed by atoms with E-state index in [0.29, 0.717) is 36.2 Å². The van der Waals surface area contributed by atoms with Crippen LogP contribution in [0.5, 0.6) is 0 Å². The van der Waals surface area contributed by atoms with Crippen LogP contribution in [0.2, 0.25) is 10.0 Å². The number of carbonyl (C=O) groups excluding carboxylic acids is 5. The van der Waals surface area contributed by atoms with Gasteiger partial charge in [-0.2, -0.15) is 0 Å². The second-order valence-corrected chi connectivity index (χ2v) is 11.8. The number of hydrogen-bond donors (Lipinski definition) is 1. The van der Waals surface area contributed by atoms with Crippen molar-refractivity contribution < 1.29 is 32.8 Å². The van der Waals surface area contributed by atoms with Gasteiger partial charge >= 0.3 is 0 Å². The van der Waals surface area contributed by atoms with Crippen molar-refractivity contribution in [2.75, 3.05) is 44.2 Å². The molecule has 2 unspecified atom stereocenters. The molecule has 2 aromatic rings. The molecule has 14 heteroatoms. The summed E-state index contributed by atoms with van der Waals surface area (Å²) in [5.74, 6) is -6.95. The molecule has 3 fully saturated rings. The van der Waals surface area contributed by atoms with Crippen molar-refractivity contribution in [3.8, 4) is 0 Å². The molecule has 4 heterocycles. The summed E-state index contributed by atoms with van der Waals surface area (Å²) in [5, 5.41) is 2.96. The first-order valence-corrected chi connectivity index (χ1v) is 14.7. The maximum atomic E-state index is 15.6. The third-order valence-electron chi connectivity index (χ3n) is 8.57. The third kappa shape index (κ3) is 5.15. The molecule has 0 bridgehead atoms. The van der Waals surface area contributed by atoms with Gasteiger partial charge in [0, 0.05) is 39.1 Å². The topological polar surface area (TPSA) is 110 Å². The van der Waals surface area contributed by atoms with Gasteiger partial charge < -0.3 is 9.80 Å². The number of hydrogen-bond acceptors (Lipinski definition) is 7. The Hall–Kier alpha value is -3.61. The Balaban J connectivity index is 1.15. The highest BCUT2D eigenvalue weighted by atomic mass is 35.5. The summed E-state index contributed by atoms with van der Waals surface area (Å²) in [5.41, 5.74) is 0.274. The van der Waals surface area contributed by atoms with Gasteiger partial charge in [0.2, 0.25) is 11.8 Å². The van der Waals surface area contributed by atoms with Gasteiger partial charge in [-0.05, 0) is 37.1 Å². The van der Waals surface area contributed by atoms with Crippen LogP contribution < -0.4 is 10.2 Å². The number of nitrogens with one attached hydrogen (secondary N) is 1. The molecule has 5 amide bonds.